The first-order valence-electron chi connectivity index (χ1n) is 11.5. The minimum atomic E-state index is -5.08. The molecule has 0 aliphatic carbocycles. The molecule has 4 aromatic heterocycles. The Morgan fingerprint density at radius 1 is 1.13 bits per heavy atom. The van der Waals surface area contributed by atoms with Gasteiger partial charge in [-0.15, -0.1) is 0 Å². The van der Waals surface area contributed by atoms with Gasteiger partial charge in [-0.1, -0.05) is 35.9 Å². The van der Waals surface area contributed by atoms with Gasteiger partial charge in [0.2, 0.25) is 5.95 Å². The minimum absolute atomic E-state index is 0.111. The van der Waals surface area contributed by atoms with Gasteiger partial charge in [-0.25, -0.2) is 14.8 Å². The number of nitrogen functional groups attached to an aromatic ring is 1. The van der Waals surface area contributed by atoms with Crippen LogP contribution in [0.4, 0.5) is 24.9 Å². The smallest absolute Gasteiger partial charge is 0.475 e. The van der Waals surface area contributed by atoms with Crippen LogP contribution in [0.2, 0.25) is 0 Å². The fraction of sp³-hybridized carbons (Fsp3) is 0.200. The quantitative estimate of drug-likeness (QED) is 0.263. The van der Waals surface area contributed by atoms with Gasteiger partial charge in [0, 0.05) is 5.69 Å². The van der Waals surface area contributed by atoms with E-state index in [9.17, 15) is 18.0 Å². The Labute approximate surface area is 218 Å². The predicted molar refractivity (Wildman–Crippen MR) is 138 cm³/mol. The number of rotatable bonds is 4. The predicted octanol–water partition coefficient (Wildman–Crippen LogP) is 4.03. The van der Waals surface area contributed by atoms with Crippen molar-refractivity contribution in [2.45, 2.75) is 33.0 Å². The van der Waals surface area contributed by atoms with Crippen molar-refractivity contribution in [1.29, 1.82) is 0 Å². The number of aromatic nitrogens is 6. The van der Waals surface area contributed by atoms with Gasteiger partial charge in [-0.3, -0.25) is 9.20 Å². The summed E-state index contributed by atoms with van der Waals surface area (Å²) in [5.41, 5.74) is 11.3. The molecular formula is C25H23F3N8O3. The monoisotopic (exact) mass is 540 g/mol. The summed E-state index contributed by atoms with van der Waals surface area (Å²) in [4.78, 5) is 43.1. The van der Waals surface area contributed by atoms with Crippen LogP contribution in [-0.2, 0) is 4.79 Å². The van der Waals surface area contributed by atoms with E-state index >= 15 is 0 Å². The lowest BCUT2D eigenvalue weighted by Crippen LogP contribution is -2.24. The number of nitrogens with two attached hydrogens (primary N) is 1. The highest BCUT2D eigenvalue weighted by atomic mass is 19.4. The van der Waals surface area contributed by atoms with E-state index in [-0.39, 0.29) is 17.5 Å². The lowest BCUT2D eigenvalue weighted by Gasteiger charge is -2.19. The standard InChI is InChI=1S/C23H22N8O.C2HF3O2/c1-12-6-4-8-15(10-12)17-18(28-16-9-5-7-13(2)31(16)22(17)32)14(3)27-21-19-20(26-11-25-19)29-23(24)30-21;3-2(4,5)1(6)7/h4-11,14H,1-3H3,(H4,24,25,26,27,29,30);(H,6,7). The molecule has 39 heavy (non-hydrogen) atoms. The van der Waals surface area contributed by atoms with Gasteiger partial charge in [0.05, 0.1) is 23.6 Å². The molecule has 0 spiro atoms. The molecule has 5 aromatic rings. The van der Waals surface area contributed by atoms with Crippen molar-refractivity contribution in [3.63, 3.8) is 0 Å². The average molecular weight is 541 g/mol. The molecule has 5 N–H and O–H groups in total. The summed E-state index contributed by atoms with van der Waals surface area (Å²) in [5.74, 6) is -2.15. The molecule has 0 saturated carbocycles. The third-order valence-electron chi connectivity index (χ3n) is 5.69. The van der Waals surface area contributed by atoms with Gasteiger partial charge in [0.25, 0.3) is 5.56 Å². The number of halogens is 3. The number of nitrogens with zero attached hydrogens (tertiary/aromatic N) is 5. The number of alkyl halides is 3. The Hall–Kier alpha value is -5.01. The van der Waals surface area contributed by atoms with Crippen molar-refractivity contribution in [2.75, 3.05) is 11.1 Å². The normalized spacial score (nSPS) is 12.2. The number of nitrogens with one attached hydrogen (secondary N) is 2. The maximum absolute atomic E-state index is 13.7. The first-order chi connectivity index (χ1) is 18.4. The molecule has 0 aliphatic heterocycles. The average Bonchev–Trinajstić information content (AvgIpc) is 3.32. The minimum Gasteiger partial charge on any atom is -0.475 e. The summed E-state index contributed by atoms with van der Waals surface area (Å²) >= 11 is 0. The summed E-state index contributed by atoms with van der Waals surface area (Å²) in [5, 5.41) is 10.5. The zero-order valence-electron chi connectivity index (χ0n) is 20.9. The number of aliphatic carboxylic acids is 1. The van der Waals surface area contributed by atoms with Crippen LogP contribution in [0.25, 0.3) is 27.9 Å². The van der Waals surface area contributed by atoms with Crippen molar-refractivity contribution >= 4 is 34.5 Å². The van der Waals surface area contributed by atoms with Gasteiger partial charge in [-0.2, -0.15) is 23.1 Å². The van der Waals surface area contributed by atoms with Crippen molar-refractivity contribution < 1.29 is 23.1 Å². The number of hydrogen-bond donors (Lipinski definition) is 4. The van der Waals surface area contributed by atoms with Crippen molar-refractivity contribution in [2.24, 2.45) is 0 Å². The third kappa shape index (κ3) is 5.63. The van der Waals surface area contributed by atoms with Crippen LogP contribution in [0.5, 0.6) is 0 Å². The molecule has 0 bridgehead atoms. The highest BCUT2D eigenvalue weighted by Gasteiger charge is 2.38. The van der Waals surface area contributed by atoms with Crippen LogP contribution in [0, 0.1) is 13.8 Å². The van der Waals surface area contributed by atoms with Crippen LogP contribution in [-0.4, -0.2) is 46.6 Å². The topological polar surface area (TPSA) is 164 Å². The Bertz CT molecular complexity index is 1750. The molecule has 1 unspecified atom stereocenters. The van der Waals surface area contributed by atoms with Crippen LogP contribution < -0.4 is 16.6 Å². The maximum atomic E-state index is 13.7. The molecule has 1 atom stereocenters. The Morgan fingerprint density at radius 3 is 2.49 bits per heavy atom. The number of carboxylic acids is 1. The van der Waals surface area contributed by atoms with Crippen LogP contribution in [0.1, 0.15) is 29.9 Å². The molecule has 202 valence electrons. The maximum Gasteiger partial charge on any atom is 0.490 e. The number of carbonyl (C=O) groups is 1. The second-order valence-corrected chi connectivity index (χ2v) is 8.61. The highest BCUT2D eigenvalue weighted by Crippen LogP contribution is 2.29. The van der Waals surface area contributed by atoms with Gasteiger partial charge >= 0.3 is 12.1 Å². The second-order valence-electron chi connectivity index (χ2n) is 8.61. The van der Waals surface area contributed by atoms with Gasteiger partial charge in [-0.05, 0) is 38.5 Å². The summed E-state index contributed by atoms with van der Waals surface area (Å²) in [6, 6.07) is 13.1. The van der Waals surface area contributed by atoms with Crippen molar-refractivity contribution in [1.82, 2.24) is 29.3 Å². The number of H-pyrrole nitrogens is 1. The summed E-state index contributed by atoms with van der Waals surface area (Å²) in [6.45, 7) is 5.84. The molecule has 14 heteroatoms. The molecule has 1 aromatic carbocycles. The van der Waals surface area contributed by atoms with E-state index in [1.165, 1.54) is 6.33 Å². The van der Waals surface area contributed by atoms with Gasteiger partial charge in [0.15, 0.2) is 11.5 Å². The molecule has 4 heterocycles. The Morgan fingerprint density at radius 2 is 1.82 bits per heavy atom. The summed E-state index contributed by atoms with van der Waals surface area (Å²) in [7, 11) is 0. The fourth-order valence-electron chi connectivity index (χ4n) is 3.97. The van der Waals surface area contributed by atoms with Gasteiger partial charge in [0.1, 0.15) is 11.2 Å². The summed E-state index contributed by atoms with van der Waals surface area (Å²) in [6.07, 6.45) is -3.55. The van der Waals surface area contributed by atoms with Crippen LogP contribution in [0.15, 0.2) is 53.6 Å². The molecule has 0 amide bonds. The van der Waals surface area contributed by atoms with E-state index in [1.807, 2.05) is 63.2 Å². The number of anilines is 2. The lowest BCUT2D eigenvalue weighted by molar-refractivity contribution is -0.192. The SMILES string of the molecule is Cc1cccc(-c2c(C(C)Nc3nc(N)nc4nc[nH]c34)nc3cccc(C)n3c2=O)c1.O=C(O)C(F)(F)F. The van der Waals surface area contributed by atoms with Crippen LogP contribution in [0.3, 0.4) is 0 Å². The number of aryl methyl sites for hydroxylation is 2. The molecule has 0 fully saturated rings. The van der Waals surface area contributed by atoms with E-state index in [0.29, 0.717) is 33.9 Å². The van der Waals surface area contributed by atoms with E-state index in [4.69, 9.17) is 20.6 Å². The lowest BCUT2D eigenvalue weighted by atomic mass is 9.99. The Kier molecular flexibility index (Phi) is 7.21. The first kappa shape index (κ1) is 27.0. The highest BCUT2D eigenvalue weighted by molar-refractivity contribution is 5.84. The molecule has 0 saturated heterocycles. The van der Waals surface area contributed by atoms with Crippen molar-refractivity contribution in [3.05, 3.63) is 76.1 Å². The van der Waals surface area contributed by atoms with Crippen molar-refractivity contribution in [3.8, 4) is 11.1 Å². The first-order valence-corrected chi connectivity index (χ1v) is 11.5. The number of fused-ring (bicyclic) bond motifs is 2. The van der Waals surface area contributed by atoms with Gasteiger partial charge < -0.3 is 21.1 Å². The van der Waals surface area contributed by atoms with Crippen LogP contribution >= 0.6 is 0 Å². The number of aromatic amines is 1. The summed E-state index contributed by atoms with van der Waals surface area (Å²) < 4.78 is 33.4. The fourth-order valence-corrected chi connectivity index (χ4v) is 3.97. The largest absolute Gasteiger partial charge is 0.490 e. The number of pyridine rings is 1. The zero-order chi connectivity index (χ0) is 28.5. The number of benzene rings is 1. The van der Waals surface area contributed by atoms with E-state index in [2.05, 4.69) is 25.3 Å². The third-order valence-corrected chi connectivity index (χ3v) is 5.69. The molecule has 0 radical (unpaired) electrons. The second kappa shape index (κ2) is 10.4. The molecule has 0 aliphatic rings. The number of carboxylic acid groups (broad SMARTS) is 1. The Balaban J connectivity index is 0.000000448. The van der Waals surface area contributed by atoms with E-state index < -0.39 is 12.1 Å². The number of hydrogen-bond acceptors (Lipinski definition) is 8. The molecule has 11 nitrogen and oxygen atoms in total. The molecule has 5 rings (SSSR count). The van der Waals surface area contributed by atoms with E-state index in [1.54, 1.807) is 4.40 Å². The zero-order valence-corrected chi connectivity index (χ0v) is 20.9. The molecular weight excluding hydrogens is 517 g/mol. The number of imidazole rings is 1. The van der Waals surface area contributed by atoms with E-state index in [0.717, 1.165) is 16.8 Å².